The second-order valence-electron chi connectivity index (χ2n) is 15.6. The molecule has 1 radical (unpaired) electrons. The predicted octanol–water partition coefficient (Wildman–Crippen LogP) is 2.60. The van der Waals surface area contributed by atoms with Crippen LogP contribution in [0.1, 0.15) is 103 Å². The van der Waals surface area contributed by atoms with Crippen LogP contribution in [0.25, 0.3) is 0 Å². The van der Waals surface area contributed by atoms with Gasteiger partial charge in [-0.15, -0.1) is 0 Å². The molecule has 10 heteroatoms. The number of hydrogen-bond donors (Lipinski definition) is 8. The molecule has 0 aromatic heterocycles. The Labute approximate surface area is 274 Å². The molecule has 42 heavy (non-hydrogen) atoms. The van der Waals surface area contributed by atoms with Gasteiger partial charge in [0.2, 0.25) is 0 Å². The molecule has 245 valence electrons. The molecular formula is C32H56CuN8Ni. The molecule has 4 saturated carbocycles. The molecule has 9 rings (SSSR count). The molecule has 8 unspecified atom stereocenters. The molecular weight excluding hydrogens is 619 g/mol. The van der Waals surface area contributed by atoms with Crippen LogP contribution in [0.3, 0.4) is 0 Å². The van der Waals surface area contributed by atoms with E-state index in [0.717, 1.165) is 47.3 Å². The van der Waals surface area contributed by atoms with Crippen molar-refractivity contribution >= 4 is 0 Å². The topological polar surface area (TPSA) is 96.2 Å². The Balaban J connectivity index is 0.00000144. The Bertz CT molecular complexity index is 723. The average Bonchev–Trinajstić information content (AvgIpc) is 3.73. The van der Waals surface area contributed by atoms with Gasteiger partial charge >= 0.3 is 0 Å². The number of rotatable bonds is 0. The van der Waals surface area contributed by atoms with Crippen LogP contribution in [-0.2, 0) is 33.6 Å². The maximum Gasteiger partial charge on any atom is 0.0628 e. The molecule has 0 aromatic carbocycles. The van der Waals surface area contributed by atoms with Crippen LogP contribution in [-0.4, -0.2) is 49.3 Å². The summed E-state index contributed by atoms with van der Waals surface area (Å²) in [6.07, 6.45) is 25.6. The summed E-state index contributed by atoms with van der Waals surface area (Å²) >= 11 is 0. The SMILES string of the molecule is C1CCC2C3NC(NC4NC(NC5NC(NC6NC(N3)C3CCCCC63)C3CCCCC53)C3CCCCC43)C2C1.[Cu].[Ni]. The van der Waals surface area contributed by atoms with E-state index in [0.29, 0.717) is 49.3 Å². The van der Waals surface area contributed by atoms with Crippen molar-refractivity contribution in [2.75, 3.05) is 0 Å². The quantitative estimate of drug-likeness (QED) is 0.186. The van der Waals surface area contributed by atoms with Gasteiger partial charge in [0.05, 0.1) is 49.3 Å². The fraction of sp³-hybridized carbons (Fsp3) is 1.00. The monoisotopic (exact) mass is 673 g/mol. The van der Waals surface area contributed by atoms with E-state index in [4.69, 9.17) is 0 Å². The first-order valence-corrected chi connectivity index (χ1v) is 17.9. The molecule has 0 aromatic rings. The molecule has 0 amide bonds. The Kier molecular flexibility index (Phi) is 9.74. The minimum atomic E-state index is 0. The van der Waals surface area contributed by atoms with Gasteiger partial charge in [0.25, 0.3) is 0 Å². The Morgan fingerprint density at radius 1 is 0.238 bits per heavy atom. The maximum atomic E-state index is 4.26. The Hall–Kier alpha value is 0.693. The predicted molar refractivity (Wildman–Crippen MR) is 157 cm³/mol. The molecule has 5 saturated heterocycles. The summed E-state index contributed by atoms with van der Waals surface area (Å²) in [7, 11) is 0. The van der Waals surface area contributed by atoms with E-state index < -0.39 is 0 Å². The zero-order chi connectivity index (χ0) is 26.2. The van der Waals surface area contributed by atoms with Crippen LogP contribution in [0.5, 0.6) is 0 Å². The van der Waals surface area contributed by atoms with Gasteiger partial charge in [0, 0.05) is 33.6 Å². The van der Waals surface area contributed by atoms with Gasteiger partial charge in [0.15, 0.2) is 0 Å². The largest absolute Gasteiger partial charge is 0.286 e. The summed E-state index contributed by atoms with van der Waals surface area (Å²) in [5.74, 6) is 5.97. The molecule has 8 atom stereocenters. The van der Waals surface area contributed by atoms with Gasteiger partial charge in [0.1, 0.15) is 0 Å². The van der Waals surface area contributed by atoms with Crippen molar-refractivity contribution in [3.05, 3.63) is 0 Å². The maximum absolute atomic E-state index is 4.26. The number of fused-ring (bicyclic) bond motifs is 20. The van der Waals surface area contributed by atoms with Gasteiger partial charge in [-0.2, -0.15) is 0 Å². The first-order chi connectivity index (χ1) is 19.8. The van der Waals surface area contributed by atoms with Crippen LogP contribution < -0.4 is 42.5 Å². The standard InChI is InChI=1S/C32H56N8.Cu.Ni/c1-2-10-18-17(9-1)25-33-26(18)38-28-21-13-5-6-14-22(21)30(35-28)40-32-24-16-8-7-15-23(24)31(36-32)39-29-20-12-4-3-11-19(20)27(34-29)37-25;;/h17-40H,1-16H2;;. The molecule has 4 aliphatic carbocycles. The van der Waals surface area contributed by atoms with Gasteiger partial charge < -0.3 is 0 Å². The van der Waals surface area contributed by atoms with Gasteiger partial charge in [-0.1, -0.05) is 51.4 Å². The summed E-state index contributed by atoms with van der Waals surface area (Å²) in [4.78, 5) is 0. The average molecular weight is 675 g/mol. The van der Waals surface area contributed by atoms with Crippen molar-refractivity contribution in [1.29, 1.82) is 0 Å². The van der Waals surface area contributed by atoms with Crippen molar-refractivity contribution in [1.82, 2.24) is 42.5 Å². The normalized spacial score (nSPS) is 54.9. The minimum absolute atomic E-state index is 0. The fourth-order valence-electron chi connectivity index (χ4n) is 12.0. The zero-order valence-electron chi connectivity index (χ0n) is 25.2. The molecule has 8 N–H and O–H groups in total. The van der Waals surface area contributed by atoms with Crippen molar-refractivity contribution < 1.29 is 33.6 Å². The van der Waals surface area contributed by atoms with E-state index >= 15 is 0 Å². The number of hydrogen-bond acceptors (Lipinski definition) is 8. The van der Waals surface area contributed by atoms with Gasteiger partial charge in [-0.25, -0.2) is 0 Å². The third kappa shape index (κ3) is 5.43. The summed E-state index contributed by atoms with van der Waals surface area (Å²) in [5, 5.41) is 33.8. The third-order valence-electron chi connectivity index (χ3n) is 13.8. The zero-order valence-corrected chi connectivity index (χ0v) is 27.1. The second-order valence-corrected chi connectivity index (χ2v) is 15.6. The van der Waals surface area contributed by atoms with E-state index in [1.54, 1.807) is 0 Å². The molecule has 9 fully saturated rings. The molecule has 0 spiro atoms. The van der Waals surface area contributed by atoms with Crippen molar-refractivity contribution in [2.45, 2.75) is 152 Å². The molecule has 8 nitrogen and oxygen atoms in total. The van der Waals surface area contributed by atoms with Crippen molar-refractivity contribution in [2.24, 2.45) is 47.3 Å². The minimum Gasteiger partial charge on any atom is -0.286 e. The third-order valence-corrected chi connectivity index (χ3v) is 13.8. The second kappa shape index (κ2) is 13.1. The van der Waals surface area contributed by atoms with Crippen LogP contribution in [0.4, 0.5) is 0 Å². The fourth-order valence-corrected chi connectivity index (χ4v) is 12.0. The van der Waals surface area contributed by atoms with Gasteiger partial charge in [-0.3, -0.25) is 42.5 Å². The van der Waals surface area contributed by atoms with E-state index in [1.165, 1.54) is 103 Å². The van der Waals surface area contributed by atoms with E-state index in [-0.39, 0.29) is 33.6 Å². The van der Waals surface area contributed by atoms with Crippen molar-refractivity contribution in [3.8, 4) is 0 Å². The first kappa shape index (κ1) is 31.3. The summed E-state index contributed by atoms with van der Waals surface area (Å²) in [6, 6.07) is 0. The summed E-state index contributed by atoms with van der Waals surface area (Å²) < 4.78 is 0. The molecule has 9 aliphatic rings. The first-order valence-electron chi connectivity index (χ1n) is 17.9. The van der Waals surface area contributed by atoms with E-state index in [9.17, 15) is 0 Å². The number of nitrogens with one attached hydrogen (secondary N) is 8. The van der Waals surface area contributed by atoms with Crippen LogP contribution in [0.2, 0.25) is 0 Å². The Morgan fingerprint density at radius 3 is 0.476 bits per heavy atom. The smallest absolute Gasteiger partial charge is 0.0628 e. The summed E-state index contributed by atoms with van der Waals surface area (Å²) in [5.41, 5.74) is 0. The van der Waals surface area contributed by atoms with Gasteiger partial charge in [-0.05, 0) is 98.7 Å². The van der Waals surface area contributed by atoms with Crippen molar-refractivity contribution in [3.63, 3.8) is 0 Å². The molecule has 8 bridgehead atoms. The molecule has 5 aliphatic heterocycles. The van der Waals surface area contributed by atoms with E-state index in [2.05, 4.69) is 42.5 Å². The summed E-state index contributed by atoms with van der Waals surface area (Å²) in [6.45, 7) is 0. The van der Waals surface area contributed by atoms with Crippen LogP contribution >= 0.6 is 0 Å². The molecule has 5 heterocycles. The van der Waals surface area contributed by atoms with Crippen LogP contribution in [0.15, 0.2) is 0 Å². The van der Waals surface area contributed by atoms with Crippen LogP contribution in [0, 0.1) is 47.3 Å². The van der Waals surface area contributed by atoms with E-state index in [1.807, 2.05) is 0 Å². The Morgan fingerprint density at radius 2 is 0.357 bits per heavy atom.